The molecule has 0 atom stereocenters. The van der Waals surface area contributed by atoms with E-state index in [4.69, 9.17) is 5.73 Å². The third-order valence-electron chi connectivity index (χ3n) is 4.12. The Hall–Kier alpha value is -4.03. The number of halogens is 4. The van der Waals surface area contributed by atoms with Crippen molar-refractivity contribution in [3.63, 3.8) is 0 Å². The minimum atomic E-state index is -4.73. The van der Waals surface area contributed by atoms with Gasteiger partial charge >= 0.3 is 6.18 Å². The molecule has 13 heteroatoms. The second-order valence-electron chi connectivity index (χ2n) is 6.21. The van der Waals surface area contributed by atoms with Crippen LogP contribution in [0.2, 0.25) is 0 Å². The average Bonchev–Trinajstić information content (AvgIpc) is 3.07. The Morgan fingerprint density at radius 1 is 1.20 bits per heavy atom. The summed E-state index contributed by atoms with van der Waals surface area (Å²) in [5.74, 6) is -1.32. The summed E-state index contributed by atoms with van der Waals surface area (Å²) in [7, 11) is 0. The average molecular weight is 421 g/mol. The van der Waals surface area contributed by atoms with Gasteiger partial charge in [-0.3, -0.25) is 14.2 Å². The molecule has 0 unspecified atom stereocenters. The molecule has 0 aromatic carbocycles. The highest BCUT2D eigenvalue weighted by molar-refractivity contribution is 5.90. The highest BCUT2D eigenvalue weighted by atomic mass is 19.4. The van der Waals surface area contributed by atoms with Gasteiger partial charge in [-0.1, -0.05) is 0 Å². The molecule has 0 fully saturated rings. The number of fused-ring (bicyclic) bond motifs is 3. The van der Waals surface area contributed by atoms with Crippen LogP contribution < -0.4 is 16.6 Å². The molecule has 0 aliphatic carbocycles. The van der Waals surface area contributed by atoms with Crippen LogP contribution in [0.25, 0.3) is 16.7 Å². The lowest BCUT2D eigenvalue weighted by Crippen LogP contribution is -2.30. The van der Waals surface area contributed by atoms with Gasteiger partial charge in [0.15, 0.2) is 5.65 Å². The van der Waals surface area contributed by atoms with Crippen molar-refractivity contribution in [1.82, 2.24) is 24.1 Å². The Bertz CT molecular complexity index is 1340. The monoisotopic (exact) mass is 421 g/mol. The Labute approximate surface area is 163 Å². The minimum absolute atomic E-state index is 0.0287. The Morgan fingerprint density at radius 2 is 1.97 bits per heavy atom. The van der Waals surface area contributed by atoms with Crippen LogP contribution in [0.3, 0.4) is 0 Å². The van der Waals surface area contributed by atoms with Gasteiger partial charge in [-0.15, -0.1) is 5.10 Å². The fourth-order valence-corrected chi connectivity index (χ4v) is 2.85. The lowest BCUT2D eigenvalue weighted by atomic mass is 10.2. The van der Waals surface area contributed by atoms with Crippen LogP contribution in [-0.4, -0.2) is 30.1 Å². The first-order chi connectivity index (χ1) is 14.1. The highest BCUT2D eigenvalue weighted by Crippen LogP contribution is 2.28. The summed E-state index contributed by atoms with van der Waals surface area (Å²) in [5, 5.41) is 6.09. The molecule has 0 radical (unpaired) electrons. The van der Waals surface area contributed by atoms with Crippen LogP contribution in [0.1, 0.15) is 5.69 Å². The maximum Gasteiger partial charge on any atom is 0.433 e. The molecule has 0 bridgehead atoms. The smallest absolute Gasteiger partial charge is 0.382 e. The van der Waals surface area contributed by atoms with E-state index in [2.05, 4.69) is 20.4 Å². The Morgan fingerprint density at radius 3 is 2.63 bits per heavy atom. The second-order valence-corrected chi connectivity index (χ2v) is 6.21. The molecule has 4 heterocycles. The van der Waals surface area contributed by atoms with E-state index in [1.54, 1.807) is 0 Å². The molecule has 30 heavy (non-hydrogen) atoms. The van der Waals surface area contributed by atoms with Crippen LogP contribution in [0.15, 0.2) is 41.3 Å². The molecule has 0 saturated carbocycles. The molecular weight excluding hydrogens is 410 g/mol. The first-order valence-electron chi connectivity index (χ1n) is 8.31. The molecule has 0 spiro atoms. The van der Waals surface area contributed by atoms with E-state index in [1.807, 2.05) is 0 Å². The summed E-state index contributed by atoms with van der Waals surface area (Å²) >= 11 is 0. The topological polar surface area (TPSA) is 120 Å². The Balaban J connectivity index is 1.81. The molecule has 1 amide bonds. The van der Waals surface area contributed by atoms with Gasteiger partial charge in [0.25, 0.3) is 5.56 Å². The first-order valence-corrected chi connectivity index (χ1v) is 8.31. The molecule has 3 N–H and O–H groups in total. The summed E-state index contributed by atoms with van der Waals surface area (Å²) in [6.07, 6.45) is -3.83. The van der Waals surface area contributed by atoms with E-state index in [1.165, 1.54) is 12.1 Å². The number of nitrogens with zero attached hydrogens (tertiary/aromatic N) is 5. The van der Waals surface area contributed by atoms with Gasteiger partial charge in [0.2, 0.25) is 5.91 Å². The van der Waals surface area contributed by atoms with Gasteiger partial charge in [0.05, 0.1) is 11.6 Å². The van der Waals surface area contributed by atoms with Crippen molar-refractivity contribution in [3.05, 3.63) is 58.4 Å². The quantitative estimate of drug-likeness (QED) is 0.487. The van der Waals surface area contributed by atoms with Crippen molar-refractivity contribution in [2.75, 3.05) is 11.1 Å². The number of aromatic nitrogens is 5. The summed E-state index contributed by atoms with van der Waals surface area (Å²) in [6, 6.07) is 5.16. The number of nitrogens with two attached hydrogens (primary N) is 1. The number of carbonyl (C=O) groups is 1. The number of nitrogens with one attached hydrogen (secondary N) is 1. The summed E-state index contributed by atoms with van der Waals surface area (Å²) in [4.78, 5) is 32.4. The first kappa shape index (κ1) is 19.3. The van der Waals surface area contributed by atoms with Crippen LogP contribution >= 0.6 is 0 Å². The van der Waals surface area contributed by atoms with Gasteiger partial charge in [-0.2, -0.15) is 17.7 Å². The summed E-state index contributed by atoms with van der Waals surface area (Å²) in [5.41, 5.74) is 3.30. The number of hydrogen-bond donors (Lipinski definition) is 2. The van der Waals surface area contributed by atoms with Gasteiger partial charge in [0.1, 0.15) is 35.3 Å². The molecule has 4 aromatic rings. The minimum Gasteiger partial charge on any atom is -0.382 e. The normalized spacial score (nSPS) is 11.9. The van der Waals surface area contributed by atoms with Crippen molar-refractivity contribution < 1.29 is 22.4 Å². The number of rotatable bonds is 3. The fourth-order valence-electron chi connectivity index (χ4n) is 2.85. The zero-order valence-corrected chi connectivity index (χ0v) is 14.8. The molecule has 154 valence electrons. The lowest BCUT2D eigenvalue weighted by molar-refractivity contribution is -0.141. The number of hydrogen-bond acceptors (Lipinski definition) is 6. The third-order valence-corrected chi connectivity index (χ3v) is 4.12. The lowest BCUT2D eigenvalue weighted by Gasteiger charge is -2.12. The third kappa shape index (κ3) is 3.40. The number of nitrogen functional groups attached to an aromatic ring is 1. The summed E-state index contributed by atoms with van der Waals surface area (Å²) in [6.45, 7) is -0.524. The van der Waals surface area contributed by atoms with E-state index in [-0.39, 0.29) is 28.3 Å². The molecule has 4 aromatic heterocycles. The number of anilines is 2. The number of carbonyl (C=O) groups excluding carboxylic acids is 1. The second kappa shape index (κ2) is 6.79. The van der Waals surface area contributed by atoms with Crippen molar-refractivity contribution in [1.29, 1.82) is 0 Å². The number of alkyl halides is 3. The van der Waals surface area contributed by atoms with Crippen molar-refractivity contribution in [2.24, 2.45) is 0 Å². The van der Waals surface area contributed by atoms with E-state index in [0.29, 0.717) is 6.07 Å². The fraction of sp³-hybridized carbons (Fsp3) is 0.118. The zero-order chi connectivity index (χ0) is 21.6. The van der Waals surface area contributed by atoms with Crippen LogP contribution in [0.4, 0.5) is 29.2 Å². The molecule has 0 saturated heterocycles. The summed E-state index contributed by atoms with van der Waals surface area (Å²) < 4.78 is 53.9. The SMILES string of the molecule is Nc1cc2n(CC(=O)Nc3ccc(F)cn3)c(=O)c3ccc(C(F)(F)F)nc3n2n1. The molecule has 4 rings (SSSR count). The largest absolute Gasteiger partial charge is 0.433 e. The van der Waals surface area contributed by atoms with E-state index in [9.17, 15) is 27.2 Å². The van der Waals surface area contributed by atoms with Crippen LogP contribution in [0, 0.1) is 5.82 Å². The van der Waals surface area contributed by atoms with Gasteiger partial charge < -0.3 is 11.1 Å². The van der Waals surface area contributed by atoms with E-state index < -0.39 is 35.7 Å². The van der Waals surface area contributed by atoms with Crippen LogP contribution in [-0.2, 0) is 17.5 Å². The zero-order valence-electron chi connectivity index (χ0n) is 14.8. The van der Waals surface area contributed by atoms with Crippen molar-refractivity contribution in [3.8, 4) is 0 Å². The molecule has 0 aliphatic heterocycles. The van der Waals surface area contributed by atoms with Crippen molar-refractivity contribution in [2.45, 2.75) is 12.7 Å². The predicted octanol–water partition coefficient (Wildman–Crippen LogP) is 1.82. The van der Waals surface area contributed by atoms with E-state index >= 15 is 0 Å². The van der Waals surface area contributed by atoms with Crippen molar-refractivity contribution >= 4 is 34.2 Å². The highest BCUT2D eigenvalue weighted by Gasteiger charge is 2.33. The number of amides is 1. The Kier molecular flexibility index (Phi) is 4.37. The maximum absolute atomic E-state index is 13.0. The number of pyridine rings is 2. The van der Waals surface area contributed by atoms with Gasteiger partial charge in [0, 0.05) is 6.07 Å². The van der Waals surface area contributed by atoms with Gasteiger partial charge in [-0.05, 0) is 24.3 Å². The maximum atomic E-state index is 13.0. The predicted molar refractivity (Wildman–Crippen MR) is 97.0 cm³/mol. The molecule has 0 aliphatic rings. The van der Waals surface area contributed by atoms with E-state index in [0.717, 1.165) is 27.4 Å². The molecule has 9 nitrogen and oxygen atoms in total. The molecular formula is C17H11F4N7O2. The standard InChI is InChI=1S/C17H11F4N7O2/c18-8-1-4-12(23-6-8)25-13(29)7-27-14-5-11(22)26-28(14)15-9(16(27)30)2-3-10(24-15)17(19,20)21/h1-6H,7H2,(H2,22,26)(H,23,25,29). The van der Waals surface area contributed by atoms with Crippen LogP contribution in [0.5, 0.6) is 0 Å². The van der Waals surface area contributed by atoms with Gasteiger partial charge in [-0.25, -0.2) is 14.4 Å².